The molecule has 1 N–H and O–H groups in total. The van der Waals surface area contributed by atoms with Gasteiger partial charge in [0, 0.05) is 0 Å². The average Bonchev–Trinajstić information content (AvgIpc) is 1.41. The Hall–Kier alpha value is -0.176. The number of nitrogens with one attached hydrogen (secondary N) is 1. The van der Waals surface area contributed by atoms with Crippen LogP contribution in [0.15, 0.2) is 5.22 Å². The van der Waals surface area contributed by atoms with Crippen molar-refractivity contribution in [3.05, 3.63) is 10.4 Å². The van der Waals surface area contributed by atoms with Crippen LogP contribution in [0.4, 0.5) is 0 Å². The Morgan fingerprint density at radius 3 is 2.60 bits per heavy atom. The van der Waals surface area contributed by atoms with E-state index in [1.807, 2.05) is 0 Å². The number of azide groups is 1. The Morgan fingerprint density at radius 2 is 2.60 bits per heavy atom. The van der Waals surface area contributed by atoms with Gasteiger partial charge < -0.3 is 0 Å². The molecule has 0 aliphatic heterocycles. The molecule has 26 valence electrons. The topological polar surface area (TPSA) is 60.8 Å². The van der Waals surface area contributed by atoms with Crippen LogP contribution in [-0.2, 0) is 20.7 Å². The maximum absolute atomic E-state index is 7.47. The number of hydrogen-bond acceptors (Lipinski definition) is 1. The van der Waals surface area contributed by atoms with Crippen molar-refractivity contribution in [1.29, 1.82) is 0 Å². The second-order valence-electron chi connectivity index (χ2n) is 0.319. The van der Waals surface area contributed by atoms with Gasteiger partial charge in [-0.3, -0.25) is 0 Å². The second-order valence-corrected chi connectivity index (χ2v) is 0.722. The van der Waals surface area contributed by atoms with Gasteiger partial charge >= 0.3 is 40.3 Å². The van der Waals surface area contributed by atoms with E-state index in [4.69, 9.17) is 5.53 Å². The number of hydrogen-bond donors (Lipinski definition) is 1. The molecule has 0 saturated carbocycles. The zero-order valence-corrected chi connectivity index (χ0v) is 4.22. The van der Waals surface area contributed by atoms with E-state index in [0.29, 0.717) is 0 Å². The Morgan fingerprint density at radius 1 is 2.00 bits per heavy atom. The Labute approximate surface area is 40.9 Å². The van der Waals surface area contributed by atoms with Gasteiger partial charge in [-0.25, -0.2) is 0 Å². The van der Waals surface area contributed by atoms with E-state index in [9.17, 15) is 0 Å². The molecule has 0 saturated heterocycles. The van der Waals surface area contributed by atoms with Gasteiger partial charge in [0.1, 0.15) is 0 Å². The van der Waals surface area contributed by atoms with Crippen molar-refractivity contribution in [3.8, 4) is 0 Å². The summed E-state index contributed by atoms with van der Waals surface area (Å²) < 4.78 is 2.29. The molecule has 0 fully saturated rings. The minimum absolute atomic E-state index is 1.18. The molecule has 0 unspecified atom stereocenters. The summed E-state index contributed by atoms with van der Waals surface area (Å²) in [7, 11) is 0. The standard InChI is InChI=1S/HN4.Ti.H/c1-3-4-2;;/h1H;;/q-1;+1;. The van der Waals surface area contributed by atoms with Crippen LogP contribution < -0.4 is 3.91 Å². The third-order valence-corrected chi connectivity index (χ3v) is 0.283. The molecule has 0 rings (SSSR count). The molecule has 0 aliphatic rings. The molecule has 0 heterocycles. The first kappa shape index (κ1) is 4.82. The maximum atomic E-state index is 7.47. The Balaban J connectivity index is 2.93. The van der Waals surface area contributed by atoms with Crippen molar-refractivity contribution in [2.75, 3.05) is 0 Å². The van der Waals surface area contributed by atoms with Gasteiger partial charge in [-0.1, -0.05) is 0 Å². The van der Waals surface area contributed by atoms with Crippen molar-refractivity contribution in [1.82, 2.24) is 3.91 Å². The van der Waals surface area contributed by atoms with Crippen molar-refractivity contribution in [2.24, 2.45) is 5.22 Å². The molecule has 0 aromatic carbocycles. The van der Waals surface area contributed by atoms with E-state index < -0.39 is 0 Å². The summed E-state index contributed by atoms with van der Waals surface area (Å²) >= 11 is 1.18. The molecule has 0 bridgehead atoms. The summed E-state index contributed by atoms with van der Waals surface area (Å²) in [5.74, 6) is 0. The van der Waals surface area contributed by atoms with Gasteiger partial charge in [0.05, 0.1) is 0 Å². The first-order chi connectivity index (χ1) is 2.41. The molecule has 0 atom stereocenters. The van der Waals surface area contributed by atoms with Crippen molar-refractivity contribution in [2.45, 2.75) is 0 Å². The summed E-state index contributed by atoms with van der Waals surface area (Å²) in [4.78, 5) is 2.38. The Bertz CT molecular complexity index is 50.7. The second kappa shape index (κ2) is 3.82. The fourth-order valence-corrected chi connectivity index (χ4v) is 0.106. The summed E-state index contributed by atoms with van der Waals surface area (Å²) in [6.07, 6.45) is 0. The first-order valence-corrected chi connectivity index (χ1v) is 1.81. The quantitative estimate of drug-likeness (QED) is 0.165. The van der Waals surface area contributed by atoms with Crippen LogP contribution in [0.2, 0.25) is 0 Å². The molecular formula is H2N4Ti. The zero-order valence-electron chi connectivity index (χ0n) is 2.42. The third-order valence-electron chi connectivity index (χ3n) is 0.102. The van der Waals surface area contributed by atoms with Crippen LogP contribution in [0.1, 0.15) is 0 Å². The number of nitrogens with zero attached hydrogens (tertiary/aromatic N) is 3. The normalized spacial score (nSPS) is 4.80. The van der Waals surface area contributed by atoms with Gasteiger partial charge in [-0.2, -0.15) is 0 Å². The monoisotopic (exact) mass is 106 g/mol. The van der Waals surface area contributed by atoms with E-state index in [-0.39, 0.29) is 0 Å². The van der Waals surface area contributed by atoms with Crippen LogP contribution in [-0.4, -0.2) is 0 Å². The molecule has 0 radical (unpaired) electrons. The summed E-state index contributed by atoms with van der Waals surface area (Å²) in [6, 6.07) is 0. The number of rotatable bonds is 1. The SMILES string of the molecule is [N-]=[N+]=N[NH][TiH]. The molecular weight excluding hydrogens is 104 g/mol. The van der Waals surface area contributed by atoms with E-state index in [1.54, 1.807) is 0 Å². The van der Waals surface area contributed by atoms with Crippen molar-refractivity contribution < 1.29 is 20.7 Å². The average molecular weight is 106 g/mol. The molecule has 0 spiro atoms. The molecule has 5 heteroatoms. The summed E-state index contributed by atoms with van der Waals surface area (Å²) in [5, 5.41) is 2.93. The van der Waals surface area contributed by atoms with Crippen molar-refractivity contribution >= 4 is 0 Å². The predicted octanol–water partition coefficient (Wildman–Crippen LogP) is -0.00460. The molecule has 0 aromatic rings. The fraction of sp³-hybridized carbons (Fsp3) is 0. The fourth-order valence-electron chi connectivity index (χ4n) is 0.0258. The van der Waals surface area contributed by atoms with E-state index in [1.165, 1.54) is 20.7 Å². The van der Waals surface area contributed by atoms with Crippen LogP contribution in [0, 0.1) is 0 Å². The summed E-state index contributed by atoms with van der Waals surface area (Å²) in [5.41, 5.74) is 7.47. The van der Waals surface area contributed by atoms with Gasteiger partial charge in [-0.15, -0.1) is 0 Å². The molecule has 5 heavy (non-hydrogen) atoms. The first-order valence-electron chi connectivity index (χ1n) is 0.912. The minimum atomic E-state index is 1.18. The third kappa shape index (κ3) is 3.82. The van der Waals surface area contributed by atoms with Gasteiger partial charge in [0.15, 0.2) is 0 Å². The van der Waals surface area contributed by atoms with Crippen LogP contribution in [0.3, 0.4) is 0 Å². The summed E-state index contributed by atoms with van der Waals surface area (Å²) in [6.45, 7) is 0. The predicted molar refractivity (Wildman–Crippen MR) is 13.7 cm³/mol. The molecule has 0 aromatic heterocycles. The van der Waals surface area contributed by atoms with E-state index in [2.05, 4.69) is 14.0 Å². The van der Waals surface area contributed by atoms with Crippen molar-refractivity contribution in [3.63, 3.8) is 0 Å². The van der Waals surface area contributed by atoms with Gasteiger partial charge in [-0.05, 0) is 0 Å². The van der Waals surface area contributed by atoms with E-state index in [0.717, 1.165) is 0 Å². The van der Waals surface area contributed by atoms with E-state index >= 15 is 0 Å². The molecule has 0 amide bonds. The van der Waals surface area contributed by atoms with Crippen LogP contribution in [0.5, 0.6) is 0 Å². The van der Waals surface area contributed by atoms with Crippen LogP contribution >= 0.6 is 0 Å². The zero-order chi connectivity index (χ0) is 4.12. The van der Waals surface area contributed by atoms with Gasteiger partial charge in [0.25, 0.3) is 0 Å². The molecule has 0 aliphatic carbocycles. The molecule has 4 nitrogen and oxygen atoms in total. The van der Waals surface area contributed by atoms with Gasteiger partial charge in [0.2, 0.25) is 0 Å². The van der Waals surface area contributed by atoms with Crippen LogP contribution in [0.25, 0.3) is 10.4 Å². The Kier molecular flexibility index (Phi) is 3.69.